The summed E-state index contributed by atoms with van der Waals surface area (Å²) in [5.74, 6) is 0.762. The van der Waals surface area contributed by atoms with Crippen LogP contribution in [0, 0.1) is 12.8 Å². The summed E-state index contributed by atoms with van der Waals surface area (Å²) in [7, 11) is 0. The van der Waals surface area contributed by atoms with Gasteiger partial charge in [-0.1, -0.05) is 6.92 Å². The molecule has 4 heteroatoms. The van der Waals surface area contributed by atoms with Gasteiger partial charge in [0.15, 0.2) is 0 Å². The van der Waals surface area contributed by atoms with Crippen LogP contribution in [0.4, 0.5) is 0 Å². The van der Waals surface area contributed by atoms with Gasteiger partial charge in [-0.15, -0.1) is 0 Å². The zero-order valence-corrected chi connectivity index (χ0v) is 12.5. The summed E-state index contributed by atoms with van der Waals surface area (Å²) in [6, 6.07) is 0. The Balaban J connectivity index is 2.23. The Morgan fingerprint density at radius 3 is 2.82 bits per heavy atom. The van der Waals surface area contributed by atoms with Crippen LogP contribution < -0.4 is 5.73 Å². The van der Waals surface area contributed by atoms with Gasteiger partial charge in [-0.05, 0) is 55.0 Å². The summed E-state index contributed by atoms with van der Waals surface area (Å²) in [4.78, 5) is 0. The highest BCUT2D eigenvalue weighted by Gasteiger charge is 2.35. The van der Waals surface area contributed by atoms with Crippen molar-refractivity contribution < 1.29 is 0 Å². The fourth-order valence-corrected chi connectivity index (χ4v) is 3.39. The van der Waals surface area contributed by atoms with Gasteiger partial charge in [0.2, 0.25) is 0 Å². The van der Waals surface area contributed by atoms with E-state index in [9.17, 15) is 0 Å². The zero-order chi connectivity index (χ0) is 12.6. The molecule has 2 N–H and O–H groups in total. The minimum Gasteiger partial charge on any atom is -0.325 e. The normalized spacial score (nSPS) is 28.9. The number of aromatic nitrogens is 2. The second-order valence-corrected chi connectivity index (χ2v) is 6.34. The van der Waals surface area contributed by atoms with Crippen molar-refractivity contribution in [2.45, 2.75) is 58.5 Å². The monoisotopic (exact) mass is 299 g/mol. The molecule has 0 bridgehead atoms. The molecular formula is C13H22BrN3. The number of nitrogens with zero attached hydrogens (tertiary/aromatic N) is 2. The molecule has 1 fully saturated rings. The van der Waals surface area contributed by atoms with Gasteiger partial charge in [0.25, 0.3) is 0 Å². The summed E-state index contributed by atoms with van der Waals surface area (Å²) in [5, 5.41) is 4.54. The number of rotatable bonds is 3. The molecule has 3 nitrogen and oxygen atoms in total. The molecule has 0 amide bonds. The van der Waals surface area contributed by atoms with Crippen molar-refractivity contribution in [2.24, 2.45) is 11.7 Å². The predicted molar refractivity (Wildman–Crippen MR) is 74.0 cm³/mol. The van der Waals surface area contributed by atoms with Gasteiger partial charge in [-0.3, -0.25) is 4.68 Å². The van der Waals surface area contributed by atoms with Crippen LogP contribution in [0.15, 0.2) is 4.47 Å². The molecule has 1 aliphatic rings. The number of hydrogen-bond donors (Lipinski definition) is 1. The first-order chi connectivity index (χ1) is 7.95. The Labute approximate surface area is 112 Å². The average molecular weight is 300 g/mol. The van der Waals surface area contributed by atoms with Crippen molar-refractivity contribution in [3.05, 3.63) is 15.9 Å². The van der Waals surface area contributed by atoms with Crippen LogP contribution in [0.1, 0.15) is 44.5 Å². The van der Waals surface area contributed by atoms with Crippen molar-refractivity contribution >= 4 is 15.9 Å². The Kier molecular flexibility index (Phi) is 3.64. The summed E-state index contributed by atoms with van der Waals surface area (Å²) in [6.45, 7) is 7.38. The zero-order valence-electron chi connectivity index (χ0n) is 11.0. The summed E-state index contributed by atoms with van der Waals surface area (Å²) in [5.41, 5.74) is 8.83. The highest BCUT2D eigenvalue weighted by atomic mass is 79.9. The molecule has 0 saturated heterocycles. The van der Waals surface area contributed by atoms with E-state index in [0.717, 1.165) is 41.9 Å². The minimum absolute atomic E-state index is 0.0265. The van der Waals surface area contributed by atoms with E-state index in [1.54, 1.807) is 0 Å². The topological polar surface area (TPSA) is 43.8 Å². The van der Waals surface area contributed by atoms with Crippen molar-refractivity contribution in [1.82, 2.24) is 9.78 Å². The lowest BCUT2D eigenvalue weighted by atomic mass is 9.91. The van der Waals surface area contributed by atoms with Crippen LogP contribution in [0.25, 0.3) is 0 Å². The van der Waals surface area contributed by atoms with Gasteiger partial charge in [0, 0.05) is 18.5 Å². The maximum atomic E-state index is 6.52. The summed E-state index contributed by atoms with van der Waals surface area (Å²) in [6.07, 6.45) is 4.46. The van der Waals surface area contributed by atoms with Gasteiger partial charge in [0.05, 0.1) is 15.9 Å². The largest absolute Gasteiger partial charge is 0.325 e. The van der Waals surface area contributed by atoms with Gasteiger partial charge in [-0.2, -0.15) is 5.10 Å². The molecule has 1 heterocycles. The SMILES string of the molecule is CCn1nc(C)c(Br)c1CC1(N)CCC(C)C1. The third-order valence-electron chi connectivity index (χ3n) is 3.86. The molecule has 96 valence electrons. The van der Waals surface area contributed by atoms with E-state index in [0.29, 0.717) is 0 Å². The first kappa shape index (κ1) is 13.1. The van der Waals surface area contributed by atoms with Gasteiger partial charge < -0.3 is 5.73 Å². The lowest BCUT2D eigenvalue weighted by molar-refractivity contribution is 0.403. The van der Waals surface area contributed by atoms with E-state index >= 15 is 0 Å². The Morgan fingerprint density at radius 1 is 1.59 bits per heavy atom. The second-order valence-electron chi connectivity index (χ2n) is 5.55. The lowest BCUT2D eigenvalue weighted by Crippen LogP contribution is -2.40. The second kappa shape index (κ2) is 4.73. The third kappa shape index (κ3) is 2.58. The van der Waals surface area contributed by atoms with E-state index < -0.39 is 0 Å². The Morgan fingerprint density at radius 2 is 2.29 bits per heavy atom. The quantitative estimate of drug-likeness (QED) is 0.932. The molecular weight excluding hydrogens is 278 g/mol. The van der Waals surface area contributed by atoms with Crippen molar-refractivity contribution in [3.63, 3.8) is 0 Å². The smallest absolute Gasteiger partial charge is 0.0738 e. The maximum absolute atomic E-state index is 6.52. The van der Waals surface area contributed by atoms with Crippen LogP contribution in [-0.4, -0.2) is 15.3 Å². The molecule has 2 unspecified atom stereocenters. The Bertz CT molecular complexity index is 413. The van der Waals surface area contributed by atoms with Crippen molar-refractivity contribution in [2.75, 3.05) is 0 Å². The van der Waals surface area contributed by atoms with Crippen LogP contribution >= 0.6 is 15.9 Å². The van der Waals surface area contributed by atoms with Gasteiger partial charge in [0.1, 0.15) is 0 Å². The molecule has 1 saturated carbocycles. The molecule has 0 spiro atoms. The first-order valence-electron chi connectivity index (χ1n) is 6.46. The predicted octanol–water partition coefficient (Wildman–Crippen LogP) is 3.03. The molecule has 2 atom stereocenters. The molecule has 1 aromatic heterocycles. The molecule has 0 radical (unpaired) electrons. The molecule has 17 heavy (non-hydrogen) atoms. The standard InChI is InChI=1S/C13H22BrN3/c1-4-17-11(12(14)10(3)16-17)8-13(15)6-5-9(2)7-13/h9H,4-8,15H2,1-3H3. The highest BCUT2D eigenvalue weighted by Crippen LogP contribution is 2.36. The van der Waals surface area contributed by atoms with E-state index in [4.69, 9.17) is 5.73 Å². The lowest BCUT2D eigenvalue weighted by Gasteiger charge is -2.24. The maximum Gasteiger partial charge on any atom is 0.0738 e. The number of hydrogen-bond acceptors (Lipinski definition) is 2. The number of nitrogens with two attached hydrogens (primary N) is 1. The highest BCUT2D eigenvalue weighted by molar-refractivity contribution is 9.10. The number of aryl methyl sites for hydroxylation is 2. The summed E-state index contributed by atoms with van der Waals surface area (Å²) < 4.78 is 3.22. The van der Waals surface area contributed by atoms with E-state index in [2.05, 4.69) is 39.6 Å². The fraction of sp³-hybridized carbons (Fsp3) is 0.769. The van der Waals surface area contributed by atoms with Crippen molar-refractivity contribution in [3.8, 4) is 0 Å². The van der Waals surface area contributed by atoms with Crippen LogP contribution in [0.2, 0.25) is 0 Å². The average Bonchev–Trinajstić information content (AvgIpc) is 2.74. The van der Waals surface area contributed by atoms with E-state index in [1.165, 1.54) is 12.1 Å². The summed E-state index contributed by atoms with van der Waals surface area (Å²) >= 11 is 3.65. The van der Waals surface area contributed by atoms with Gasteiger partial charge in [-0.25, -0.2) is 0 Å². The fourth-order valence-electron chi connectivity index (χ4n) is 2.96. The van der Waals surface area contributed by atoms with Crippen LogP contribution in [-0.2, 0) is 13.0 Å². The molecule has 2 rings (SSSR count). The molecule has 0 aliphatic heterocycles. The van der Waals surface area contributed by atoms with E-state index in [-0.39, 0.29) is 5.54 Å². The van der Waals surface area contributed by atoms with E-state index in [1.807, 2.05) is 6.92 Å². The Hall–Kier alpha value is -0.350. The van der Waals surface area contributed by atoms with Crippen LogP contribution in [0.5, 0.6) is 0 Å². The minimum atomic E-state index is -0.0265. The third-order valence-corrected chi connectivity index (χ3v) is 4.89. The van der Waals surface area contributed by atoms with Gasteiger partial charge >= 0.3 is 0 Å². The van der Waals surface area contributed by atoms with Crippen molar-refractivity contribution in [1.29, 1.82) is 0 Å². The van der Waals surface area contributed by atoms with Crippen LogP contribution in [0.3, 0.4) is 0 Å². The first-order valence-corrected chi connectivity index (χ1v) is 7.25. The molecule has 1 aliphatic carbocycles. The molecule has 1 aromatic rings. The number of halogens is 1. The molecule has 0 aromatic carbocycles.